The molecule has 3 rings (SSSR count). The van der Waals surface area contributed by atoms with E-state index in [1.807, 2.05) is 13.1 Å². The van der Waals surface area contributed by atoms with E-state index in [-0.39, 0.29) is 11.7 Å². The predicted molar refractivity (Wildman–Crippen MR) is 161 cm³/mol. The molecule has 38 heavy (non-hydrogen) atoms. The number of hydrogen-bond donors (Lipinski definition) is 1. The lowest BCUT2D eigenvalue weighted by Gasteiger charge is -2.25. The first kappa shape index (κ1) is 29.0. The molecule has 0 unspecified atom stereocenters. The third-order valence-corrected chi connectivity index (χ3v) is 6.73. The molecule has 1 heterocycles. The van der Waals surface area contributed by atoms with Crippen molar-refractivity contribution in [2.24, 2.45) is 17.0 Å². The highest BCUT2D eigenvalue weighted by Gasteiger charge is 2.18. The summed E-state index contributed by atoms with van der Waals surface area (Å²) in [5, 5.41) is 8.68. The third-order valence-electron chi connectivity index (χ3n) is 6.73. The molecule has 0 saturated carbocycles. The number of allylic oxidation sites excluding steroid dienone is 1. The van der Waals surface area contributed by atoms with Crippen LogP contribution in [0.4, 0.5) is 15.8 Å². The summed E-state index contributed by atoms with van der Waals surface area (Å²) in [5.74, 6) is -0.161. The largest absolute Gasteiger partial charge is 0.373 e. The molecule has 0 aliphatic rings. The van der Waals surface area contributed by atoms with Crippen molar-refractivity contribution in [2.75, 3.05) is 51.1 Å². The maximum absolute atomic E-state index is 15.1. The summed E-state index contributed by atoms with van der Waals surface area (Å²) >= 11 is 0. The lowest BCUT2D eigenvalue weighted by Crippen LogP contribution is -2.29. The minimum atomic E-state index is -0.363. The van der Waals surface area contributed by atoms with Gasteiger partial charge in [-0.05, 0) is 81.5 Å². The summed E-state index contributed by atoms with van der Waals surface area (Å²) < 4.78 is 16.9. The summed E-state index contributed by atoms with van der Waals surface area (Å²) in [5.41, 5.74) is 7.39. The lowest BCUT2D eigenvalue weighted by molar-refractivity contribution is 0.416. The van der Waals surface area contributed by atoms with Gasteiger partial charge in [0.05, 0.1) is 5.71 Å². The average molecular weight is 520 g/mol. The summed E-state index contributed by atoms with van der Waals surface area (Å²) in [6.45, 7) is 14.3. The van der Waals surface area contributed by atoms with Crippen LogP contribution in [0.5, 0.6) is 0 Å². The Hall–Kier alpha value is -3.52. The molecule has 0 aliphatic heterocycles. The number of benzene rings is 2. The van der Waals surface area contributed by atoms with Gasteiger partial charge in [-0.2, -0.15) is 5.10 Å². The van der Waals surface area contributed by atoms with Crippen LogP contribution in [0.2, 0.25) is 0 Å². The zero-order valence-electron chi connectivity index (χ0n) is 24.1. The number of nitrogens with zero attached hydrogens (tertiary/aromatic N) is 6. The minimum absolute atomic E-state index is 0.202. The van der Waals surface area contributed by atoms with E-state index in [1.54, 1.807) is 17.0 Å². The van der Waals surface area contributed by atoms with Crippen molar-refractivity contribution < 1.29 is 4.39 Å². The number of halogens is 1. The Morgan fingerprint density at radius 1 is 1.18 bits per heavy atom. The molecule has 2 aromatic carbocycles. The van der Waals surface area contributed by atoms with Gasteiger partial charge in [-0.15, -0.1) is 0 Å². The molecule has 0 bridgehead atoms. The minimum Gasteiger partial charge on any atom is -0.373 e. The molecule has 0 spiro atoms. The Morgan fingerprint density at radius 2 is 1.92 bits per heavy atom. The summed E-state index contributed by atoms with van der Waals surface area (Å²) in [6.07, 6.45) is 4.23. The van der Waals surface area contributed by atoms with Crippen molar-refractivity contribution in [1.29, 1.82) is 0 Å². The van der Waals surface area contributed by atoms with Crippen LogP contribution in [0.1, 0.15) is 49.1 Å². The summed E-state index contributed by atoms with van der Waals surface area (Å²) in [4.78, 5) is 13.1. The van der Waals surface area contributed by atoms with Gasteiger partial charge in [-0.25, -0.2) is 4.39 Å². The fourth-order valence-corrected chi connectivity index (χ4v) is 4.76. The van der Waals surface area contributed by atoms with Crippen molar-refractivity contribution in [2.45, 2.75) is 40.0 Å². The van der Waals surface area contributed by atoms with Crippen LogP contribution in [0.25, 0.3) is 10.9 Å². The van der Waals surface area contributed by atoms with E-state index in [4.69, 9.17) is 4.99 Å². The molecular weight excluding hydrogens is 477 g/mol. The van der Waals surface area contributed by atoms with Gasteiger partial charge in [0, 0.05) is 61.4 Å². The second kappa shape index (κ2) is 12.8. The zero-order valence-corrected chi connectivity index (χ0v) is 24.1. The van der Waals surface area contributed by atoms with Crippen molar-refractivity contribution in [1.82, 2.24) is 14.7 Å². The standard InChI is InChI=1S/C30H42FN7/c1-10-22-18-28(37(8)14-13-36(6)7)21(4)15-27(22)34-19-33-26(11-12-32-5)23-16-24-29(25(31)17-23)35-38(9)30(24)20(2)3/h11-12,15-18,20,34H,5,10,13-14,19H2,1-4,6-9H3/b12-11-,33-26+. The number of rotatable bonds is 12. The predicted octanol–water partition coefficient (Wildman–Crippen LogP) is 5.78. The maximum atomic E-state index is 15.1. The van der Waals surface area contributed by atoms with Crippen LogP contribution in [0.3, 0.4) is 0 Å². The number of aromatic nitrogens is 2. The van der Waals surface area contributed by atoms with Crippen molar-refractivity contribution in [3.8, 4) is 0 Å². The van der Waals surface area contributed by atoms with E-state index in [0.29, 0.717) is 23.5 Å². The van der Waals surface area contributed by atoms with E-state index >= 15 is 4.39 Å². The van der Waals surface area contributed by atoms with Gasteiger partial charge < -0.3 is 15.1 Å². The third kappa shape index (κ3) is 6.67. The van der Waals surface area contributed by atoms with Crippen molar-refractivity contribution in [3.63, 3.8) is 0 Å². The second-order valence-electron chi connectivity index (χ2n) is 10.3. The van der Waals surface area contributed by atoms with Gasteiger partial charge >= 0.3 is 0 Å². The van der Waals surface area contributed by atoms with Crippen molar-refractivity contribution in [3.05, 3.63) is 64.7 Å². The maximum Gasteiger partial charge on any atom is 0.151 e. The topological polar surface area (TPSA) is 61.1 Å². The number of aliphatic imine (C=N–C) groups is 2. The number of aryl methyl sites for hydroxylation is 3. The Bertz CT molecular complexity index is 1330. The number of hydrogen-bond acceptors (Lipinski definition) is 6. The SMILES string of the molecule is C=N/C=C\C(=N/CNc1cc(C)c(N(C)CCN(C)C)cc1CC)c1cc(F)c2nn(C)c(C(C)C)c2c1. The molecule has 3 aromatic rings. The van der Waals surface area contributed by atoms with E-state index in [1.165, 1.54) is 22.9 Å². The first-order chi connectivity index (χ1) is 18.1. The fourth-order valence-electron chi connectivity index (χ4n) is 4.76. The molecule has 0 aliphatic carbocycles. The summed E-state index contributed by atoms with van der Waals surface area (Å²) in [6, 6.07) is 7.91. The van der Waals surface area contributed by atoms with Gasteiger partial charge in [0.2, 0.25) is 0 Å². The van der Waals surface area contributed by atoms with Crippen LogP contribution < -0.4 is 10.2 Å². The van der Waals surface area contributed by atoms with E-state index in [0.717, 1.165) is 36.3 Å². The molecule has 204 valence electrons. The van der Waals surface area contributed by atoms with Gasteiger partial charge in [-0.1, -0.05) is 20.8 Å². The number of anilines is 2. The molecule has 8 heteroatoms. The molecule has 1 N–H and O–H groups in total. The van der Waals surface area contributed by atoms with Crippen LogP contribution in [0.15, 0.2) is 46.5 Å². The fraction of sp³-hybridized carbons (Fsp3) is 0.433. The average Bonchev–Trinajstić information content (AvgIpc) is 3.21. The molecule has 0 radical (unpaired) electrons. The highest BCUT2D eigenvalue weighted by atomic mass is 19.1. The molecule has 7 nitrogen and oxygen atoms in total. The van der Waals surface area contributed by atoms with Gasteiger partial charge in [0.15, 0.2) is 5.82 Å². The van der Waals surface area contributed by atoms with Crippen LogP contribution in [-0.4, -0.2) is 68.0 Å². The Kier molecular flexibility index (Phi) is 9.80. The van der Waals surface area contributed by atoms with Gasteiger partial charge in [0.25, 0.3) is 0 Å². The van der Waals surface area contributed by atoms with Gasteiger partial charge in [-0.3, -0.25) is 14.7 Å². The van der Waals surface area contributed by atoms with E-state index in [9.17, 15) is 0 Å². The molecule has 0 fully saturated rings. The van der Waals surface area contributed by atoms with Gasteiger partial charge in [0.1, 0.15) is 12.2 Å². The lowest BCUT2D eigenvalue weighted by atomic mass is 10.0. The first-order valence-electron chi connectivity index (χ1n) is 13.1. The molecule has 0 amide bonds. The molecular formula is C30H42FN7. The smallest absolute Gasteiger partial charge is 0.151 e. The number of fused-ring (bicyclic) bond motifs is 1. The summed E-state index contributed by atoms with van der Waals surface area (Å²) in [7, 11) is 8.17. The van der Waals surface area contributed by atoms with E-state index in [2.05, 4.69) is 92.9 Å². The quantitative estimate of drug-likeness (QED) is 0.308. The first-order valence-corrected chi connectivity index (χ1v) is 13.1. The van der Waals surface area contributed by atoms with E-state index < -0.39 is 0 Å². The molecule has 0 saturated heterocycles. The van der Waals surface area contributed by atoms with Crippen LogP contribution in [-0.2, 0) is 13.5 Å². The molecule has 0 atom stereocenters. The zero-order chi connectivity index (χ0) is 28.0. The Morgan fingerprint density at radius 3 is 2.55 bits per heavy atom. The second-order valence-corrected chi connectivity index (χ2v) is 10.3. The Balaban J connectivity index is 1.92. The highest BCUT2D eigenvalue weighted by Crippen LogP contribution is 2.29. The van der Waals surface area contributed by atoms with Crippen LogP contribution in [0, 0.1) is 12.7 Å². The Labute approximate surface area is 226 Å². The highest BCUT2D eigenvalue weighted by molar-refractivity contribution is 6.10. The monoisotopic (exact) mass is 519 g/mol. The molecule has 1 aromatic heterocycles. The number of likely N-dealkylation sites (N-methyl/N-ethyl adjacent to an activating group) is 2. The normalized spacial score (nSPS) is 12.3. The number of nitrogens with one attached hydrogen (secondary N) is 1. The van der Waals surface area contributed by atoms with Crippen molar-refractivity contribution >= 4 is 34.7 Å². The van der Waals surface area contributed by atoms with Crippen LogP contribution >= 0.6 is 0 Å².